The molecule has 0 aliphatic carbocycles. The van der Waals surface area contributed by atoms with Crippen LogP contribution in [0, 0.1) is 0 Å². The standard InChI is InChI=1S/C4H9BN2/c1-3(6)5-4(2)7/h1,6-7H2,2H3. The molecule has 0 fully saturated rings. The van der Waals surface area contributed by atoms with Gasteiger partial charge in [-0.05, 0) is 0 Å². The Morgan fingerprint density at radius 1 is 1.57 bits per heavy atom. The van der Waals surface area contributed by atoms with E-state index in [0.29, 0.717) is 11.2 Å². The Hall–Kier alpha value is -0.725. The molecule has 0 radical (unpaired) electrons. The predicted molar refractivity (Wildman–Crippen MR) is 33.9 cm³/mol. The molecule has 0 atom stereocenters. The van der Waals surface area contributed by atoms with Crippen LogP contribution >= 0.6 is 0 Å². The van der Waals surface area contributed by atoms with Crippen LogP contribution in [0.3, 0.4) is 0 Å². The average Bonchev–Trinajstić information content (AvgIpc) is 1.27. The Morgan fingerprint density at radius 3 is 2.00 bits per heavy atom. The molecule has 0 amide bonds. The van der Waals surface area contributed by atoms with Gasteiger partial charge in [0.25, 0.3) is 0 Å². The van der Waals surface area contributed by atoms with E-state index in [4.69, 9.17) is 11.5 Å². The van der Waals surface area contributed by atoms with Crippen LogP contribution in [0.15, 0.2) is 12.2 Å². The molecule has 4 N–H and O–H groups in total. The summed E-state index contributed by atoms with van der Waals surface area (Å²) in [7, 11) is 0. The Kier molecular flexibility index (Phi) is 2.19. The maximum atomic E-state index is 5.21. The van der Waals surface area contributed by atoms with E-state index in [0.717, 1.165) is 0 Å². The minimum absolute atomic E-state index is 0.500. The van der Waals surface area contributed by atoms with Gasteiger partial charge in [0.1, 0.15) is 0 Å². The Bertz CT molecular complexity index is 102. The van der Waals surface area contributed by atoms with Crippen molar-refractivity contribution in [2.45, 2.75) is 6.92 Å². The van der Waals surface area contributed by atoms with Crippen LogP contribution in [0.4, 0.5) is 0 Å². The predicted octanol–water partition coefficient (Wildman–Crippen LogP) is -0.771. The molecule has 0 saturated carbocycles. The van der Waals surface area contributed by atoms with Gasteiger partial charge in [0.2, 0.25) is 0 Å². The first kappa shape index (κ1) is 6.27. The molecule has 0 aliphatic heterocycles. The van der Waals surface area contributed by atoms with Crippen LogP contribution in [0.2, 0.25) is 0 Å². The van der Waals surface area contributed by atoms with Crippen molar-refractivity contribution < 1.29 is 0 Å². The van der Waals surface area contributed by atoms with Crippen molar-refractivity contribution in [3.8, 4) is 0 Å². The van der Waals surface area contributed by atoms with Crippen molar-refractivity contribution in [2.24, 2.45) is 11.5 Å². The van der Waals surface area contributed by atoms with Gasteiger partial charge >= 0.3 is 43.1 Å². The van der Waals surface area contributed by atoms with Gasteiger partial charge < -0.3 is 0 Å². The molecule has 3 heteroatoms. The Morgan fingerprint density at radius 2 is 2.00 bits per heavy atom. The van der Waals surface area contributed by atoms with Crippen LogP contribution in [-0.2, 0) is 0 Å². The van der Waals surface area contributed by atoms with Crippen molar-refractivity contribution in [1.29, 1.82) is 0 Å². The average molecular weight is 95.9 g/mol. The van der Waals surface area contributed by atoms with E-state index in [9.17, 15) is 0 Å². The summed E-state index contributed by atoms with van der Waals surface area (Å²) in [5.41, 5.74) is 11.5. The van der Waals surface area contributed by atoms with E-state index in [-0.39, 0.29) is 0 Å². The molecule has 0 bridgehead atoms. The zero-order chi connectivity index (χ0) is 5.86. The number of hydrogen-bond acceptors (Lipinski definition) is 2. The molecular formula is C4H9BN2. The first-order chi connectivity index (χ1) is 3.13. The third-order valence-electron chi connectivity index (χ3n) is 0.413. The second kappa shape index (κ2) is 2.45. The van der Waals surface area contributed by atoms with Crippen molar-refractivity contribution >= 4 is 12.5 Å². The van der Waals surface area contributed by atoms with E-state index in [1.807, 2.05) is 0 Å². The van der Waals surface area contributed by atoms with E-state index in [1.54, 1.807) is 13.8 Å². The van der Waals surface area contributed by atoms with Crippen LogP contribution in [0.5, 0.6) is 0 Å². The van der Waals surface area contributed by atoms with Gasteiger partial charge in [0.05, 0.1) is 0 Å². The second-order valence-electron chi connectivity index (χ2n) is 1.46. The third-order valence-corrected chi connectivity index (χ3v) is 0.413. The maximum absolute atomic E-state index is 5.21. The van der Waals surface area contributed by atoms with Gasteiger partial charge in [-0.15, -0.1) is 0 Å². The van der Waals surface area contributed by atoms with Crippen molar-refractivity contribution in [3.63, 3.8) is 0 Å². The molecule has 0 aromatic rings. The van der Waals surface area contributed by atoms with Gasteiger partial charge in [0.15, 0.2) is 0 Å². The monoisotopic (exact) mass is 96.1 g/mol. The van der Waals surface area contributed by atoms with Crippen molar-refractivity contribution in [3.05, 3.63) is 12.2 Å². The molecule has 0 saturated heterocycles. The fourth-order valence-electron chi connectivity index (χ4n) is 0.292. The van der Waals surface area contributed by atoms with Crippen molar-refractivity contribution in [1.82, 2.24) is 0 Å². The zero-order valence-electron chi connectivity index (χ0n) is 4.44. The first-order valence-electron chi connectivity index (χ1n) is 2.01. The quantitative estimate of drug-likeness (QED) is 0.421. The van der Waals surface area contributed by atoms with E-state index in [1.165, 1.54) is 0 Å². The fourth-order valence-corrected chi connectivity index (χ4v) is 0.292. The molecule has 0 aliphatic rings. The molecule has 0 heterocycles. The number of hydrogen-bond donors (Lipinski definition) is 2. The number of rotatable bonds is 1. The molecule has 7 heavy (non-hydrogen) atoms. The van der Waals surface area contributed by atoms with E-state index in [2.05, 4.69) is 6.58 Å². The molecule has 0 unspecified atom stereocenters. The zero-order valence-corrected chi connectivity index (χ0v) is 4.44. The van der Waals surface area contributed by atoms with E-state index >= 15 is 0 Å². The molecule has 0 spiro atoms. The molecule has 0 aromatic heterocycles. The Balaban J connectivity index is 3.68. The van der Waals surface area contributed by atoms with Gasteiger partial charge in [-0.3, -0.25) is 0 Å². The fraction of sp³-hybridized carbons (Fsp3) is 0.250. The minimum atomic E-state index is 0.500. The summed E-state index contributed by atoms with van der Waals surface area (Å²) in [6.07, 6.45) is 0. The molecule has 2 nitrogen and oxygen atoms in total. The summed E-state index contributed by atoms with van der Waals surface area (Å²) >= 11 is 0. The van der Waals surface area contributed by atoms with Gasteiger partial charge in [-0.2, -0.15) is 0 Å². The van der Waals surface area contributed by atoms with Gasteiger partial charge in [-0.25, -0.2) is 0 Å². The summed E-state index contributed by atoms with van der Waals surface area (Å²) in [6.45, 7) is 6.79. The SMILES string of the molecule is C=C(N)B=C(C)N. The van der Waals surface area contributed by atoms with E-state index < -0.39 is 0 Å². The van der Waals surface area contributed by atoms with Crippen LogP contribution in [-0.4, -0.2) is 12.5 Å². The summed E-state index contributed by atoms with van der Waals surface area (Å²) in [5, 5.41) is 0. The summed E-state index contributed by atoms with van der Waals surface area (Å²) < 4.78 is 0. The summed E-state index contributed by atoms with van der Waals surface area (Å²) in [5.74, 6) is 0. The third kappa shape index (κ3) is 5.27. The summed E-state index contributed by atoms with van der Waals surface area (Å²) in [6, 6.07) is 0. The van der Waals surface area contributed by atoms with Gasteiger partial charge in [0, 0.05) is 0 Å². The number of nitrogens with two attached hydrogens (primary N) is 2. The second-order valence-corrected chi connectivity index (χ2v) is 1.46. The Labute approximate surface area is 44.1 Å². The molecule has 0 rings (SSSR count). The summed E-state index contributed by atoms with van der Waals surface area (Å²) in [4.78, 5) is 0. The van der Waals surface area contributed by atoms with Crippen LogP contribution in [0.1, 0.15) is 6.92 Å². The first-order valence-corrected chi connectivity index (χ1v) is 2.01. The molecule has 38 valence electrons. The van der Waals surface area contributed by atoms with Crippen molar-refractivity contribution in [2.75, 3.05) is 0 Å². The van der Waals surface area contributed by atoms with Crippen LogP contribution in [0.25, 0.3) is 0 Å². The normalized spacial score (nSPS) is 10.1. The topological polar surface area (TPSA) is 52.0 Å². The van der Waals surface area contributed by atoms with Crippen LogP contribution < -0.4 is 11.5 Å². The van der Waals surface area contributed by atoms with Gasteiger partial charge in [-0.1, -0.05) is 0 Å². The molecule has 0 aromatic carbocycles. The molecular weight excluding hydrogens is 86.9 g/mol.